The summed E-state index contributed by atoms with van der Waals surface area (Å²) in [6.45, 7) is 15.8. The first-order valence-electron chi connectivity index (χ1n) is 16.4. The van der Waals surface area contributed by atoms with Crippen molar-refractivity contribution in [3.8, 4) is 33.6 Å². The summed E-state index contributed by atoms with van der Waals surface area (Å²) in [5, 5.41) is 3.45. The van der Waals surface area contributed by atoms with Gasteiger partial charge in [0, 0.05) is 37.9 Å². The summed E-state index contributed by atoms with van der Waals surface area (Å²) in [6.07, 6.45) is 4.93. The van der Waals surface area contributed by atoms with Crippen molar-refractivity contribution in [3.63, 3.8) is 0 Å². The largest absolute Gasteiger partial charge is 0.501 e. The van der Waals surface area contributed by atoms with E-state index in [1.807, 2.05) is 73.1 Å². The molecule has 49 heavy (non-hydrogen) atoms. The van der Waals surface area contributed by atoms with Crippen LogP contribution in [-0.4, -0.2) is 18.0 Å². The van der Waals surface area contributed by atoms with Crippen molar-refractivity contribution in [2.45, 2.75) is 53.8 Å². The summed E-state index contributed by atoms with van der Waals surface area (Å²) in [6, 6.07) is 37.5. The number of benzene rings is 4. The Bertz CT molecular complexity index is 2200. The zero-order chi connectivity index (χ0) is 34.1. The molecule has 0 N–H and O–H groups in total. The number of rotatable bonds is 5. The zero-order valence-corrected chi connectivity index (χ0v) is 32.5. The summed E-state index contributed by atoms with van der Waals surface area (Å²) in [7, 11) is -1.23. The molecule has 0 spiro atoms. The van der Waals surface area contributed by atoms with Crippen molar-refractivity contribution in [2.24, 2.45) is 5.41 Å². The van der Waals surface area contributed by atoms with Crippen LogP contribution in [0.2, 0.25) is 19.6 Å². The van der Waals surface area contributed by atoms with E-state index in [2.05, 4.69) is 82.7 Å². The monoisotopic (exact) mass is 841 g/mol. The van der Waals surface area contributed by atoms with Crippen LogP contribution in [0.25, 0.3) is 55.6 Å². The first-order chi connectivity index (χ1) is 22.9. The summed E-state index contributed by atoms with van der Waals surface area (Å²) >= 11 is 0. The Balaban J connectivity index is 0.000000233. The van der Waals surface area contributed by atoms with Gasteiger partial charge in [-0.2, -0.15) is 0 Å². The molecule has 1 radical (unpaired) electrons. The molecule has 4 aromatic carbocycles. The molecule has 0 saturated carbocycles. The molecule has 3 aromatic heterocycles. The van der Waals surface area contributed by atoms with Crippen molar-refractivity contribution in [1.82, 2.24) is 9.97 Å². The summed E-state index contributed by atoms with van der Waals surface area (Å²) < 4.78 is 20.0. The maximum atomic E-state index is 13.7. The van der Waals surface area contributed by atoms with E-state index in [4.69, 9.17) is 9.40 Å². The quantitative estimate of drug-likeness (QED) is 0.128. The molecule has 0 aliphatic heterocycles. The molecule has 0 saturated heterocycles. The fourth-order valence-corrected chi connectivity index (χ4v) is 6.83. The van der Waals surface area contributed by atoms with E-state index in [0.717, 1.165) is 62.0 Å². The van der Waals surface area contributed by atoms with Crippen LogP contribution in [-0.2, 0) is 26.5 Å². The van der Waals surface area contributed by atoms with Gasteiger partial charge in [0.05, 0.1) is 13.7 Å². The minimum atomic E-state index is -1.23. The van der Waals surface area contributed by atoms with Crippen LogP contribution < -0.4 is 5.19 Å². The molecular weight excluding hydrogens is 800 g/mol. The molecule has 6 heteroatoms. The van der Waals surface area contributed by atoms with Gasteiger partial charge in [-0.15, -0.1) is 54.1 Å². The van der Waals surface area contributed by atoms with E-state index in [0.29, 0.717) is 0 Å². The second-order valence-electron chi connectivity index (χ2n) is 14.6. The molecule has 0 aliphatic carbocycles. The van der Waals surface area contributed by atoms with Crippen LogP contribution in [0.5, 0.6) is 0 Å². The molecule has 7 aromatic rings. The Hall–Kier alpha value is -4.22. The fourth-order valence-electron chi connectivity index (χ4n) is 5.79. The Morgan fingerprint density at radius 3 is 2.20 bits per heavy atom. The second kappa shape index (κ2) is 14.7. The van der Waals surface area contributed by atoms with Gasteiger partial charge in [-0.05, 0) is 70.2 Å². The standard InChI is InChI=1S/C29H25FNO.C14H16NSi.Ir/c1-18-17-31-26(14-21(18)16-29(2,3)4)25-10-6-9-24-23-12-11-20(15-27(23)32-28(24)25)19-7-5-8-22(30)13-19;1-16(2,3)13-9-10-14(15-11-13)12-7-5-4-6-8-12;/h5-9,11-15,17H,16H2,1-4H3;4-7,9-11H,1-3H3;/q2*-1;. The van der Waals surface area contributed by atoms with Crippen LogP contribution in [0.4, 0.5) is 4.39 Å². The molecule has 0 aliphatic rings. The van der Waals surface area contributed by atoms with Gasteiger partial charge in [0.25, 0.3) is 0 Å². The third kappa shape index (κ3) is 8.51. The molecule has 0 atom stereocenters. The number of hydrogen-bond donors (Lipinski definition) is 0. The molecule has 7 rings (SSSR count). The fraction of sp³-hybridized carbons (Fsp3) is 0.209. The van der Waals surface area contributed by atoms with E-state index in [1.54, 1.807) is 6.07 Å². The number of halogens is 1. The van der Waals surface area contributed by atoms with E-state index >= 15 is 0 Å². The normalized spacial score (nSPS) is 11.6. The van der Waals surface area contributed by atoms with E-state index in [-0.39, 0.29) is 31.3 Å². The third-order valence-electron chi connectivity index (χ3n) is 8.40. The predicted molar refractivity (Wildman–Crippen MR) is 201 cm³/mol. The van der Waals surface area contributed by atoms with Crippen LogP contribution in [0, 0.1) is 30.3 Å². The Morgan fingerprint density at radius 2 is 1.53 bits per heavy atom. The number of hydrogen-bond acceptors (Lipinski definition) is 3. The average Bonchev–Trinajstić information content (AvgIpc) is 3.44. The van der Waals surface area contributed by atoms with Gasteiger partial charge in [0.1, 0.15) is 11.4 Å². The first kappa shape index (κ1) is 36.1. The third-order valence-corrected chi connectivity index (χ3v) is 10.4. The minimum Gasteiger partial charge on any atom is -0.501 e. The smallest absolute Gasteiger partial charge is 0.123 e. The second-order valence-corrected chi connectivity index (χ2v) is 19.7. The van der Waals surface area contributed by atoms with Crippen molar-refractivity contribution >= 4 is 35.2 Å². The molecule has 3 heterocycles. The molecule has 3 nitrogen and oxygen atoms in total. The SMILES string of the molecule is C[Si](C)(C)c1ccc(-c2[c-]cccc2)nc1.Cc1cnc(-c2[c-]ccc3c2oc2cc(-c4cccc(F)c4)ccc23)cc1CC(C)(C)C.[Ir]. The molecule has 251 valence electrons. The predicted octanol–water partition coefficient (Wildman–Crippen LogP) is 11.2. The van der Waals surface area contributed by atoms with Gasteiger partial charge in [-0.1, -0.05) is 99.4 Å². The molecule has 0 amide bonds. The number of aromatic nitrogens is 2. The molecule has 0 bridgehead atoms. The van der Waals surface area contributed by atoms with Crippen molar-refractivity contribution in [3.05, 3.63) is 139 Å². The first-order valence-corrected chi connectivity index (χ1v) is 19.9. The number of furan rings is 1. The van der Waals surface area contributed by atoms with E-state index in [9.17, 15) is 4.39 Å². The van der Waals surface area contributed by atoms with Crippen LogP contribution in [0.15, 0.2) is 114 Å². The average molecular weight is 841 g/mol. The minimum absolute atomic E-state index is 0. The number of aryl methyl sites for hydroxylation is 1. The van der Waals surface area contributed by atoms with Gasteiger partial charge in [-0.25, -0.2) is 4.39 Å². The maximum Gasteiger partial charge on any atom is 0.123 e. The molecule has 0 fully saturated rings. The number of nitrogens with zero attached hydrogens (tertiary/aromatic N) is 2. The zero-order valence-electron chi connectivity index (χ0n) is 29.1. The summed E-state index contributed by atoms with van der Waals surface area (Å²) in [4.78, 5) is 9.22. The summed E-state index contributed by atoms with van der Waals surface area (Å²) in [5.41, 5.74) is 9.75. The summed E-state index contributed by atoms with van der Waals surface area (Å²) in [5.74, 6) is -0.249. The van der Waals surface area contributed by atoms with Crippen molar-refractivity contribution in [1.29, 1.82) is 0 Å². The Labute approximate surface area is 304 Å². The Kier molecular flexibility index (Phi) is 10.8. The van der Waals surface area contributed by atoms with E-state index in [1.165, 1.54) is 28.4 Å². The number of fused-ring (bicyclic) bond motifs is 3. The van der Waals surface area contributed by atoms with Gasteiger partial charge in [0.2, 0.25) is 0 Å². The van der Waals surface area contributed by atoms with Crippen LogP contribution in [0.1, 0.15) is 31.9 Å². The van der Waals surface area contributed by atoms with Gasteiger partial charge in [-0.3, -0.25) is 0 Å². The van der Waals surface area contributed by atoms with E-state index < -0.39 is 8.07 Å². The topological polar surface area (TPSA) is 38.9 Å². The molecular formula is C43H41FIrN2OSi-2. The van der Waals surface area contributed by atoms with Gasteiger partial charge < -0.3 is 14.4 Å². The van der Waals surface area contributed by atoms with Crippen LogP contribution in [0.3, 0.4) is 0 Å². The number of pyridine rings is 2. The van der Waals surface area contributed by atoms with Crippen molar-refractivity contribution in [2.75, 3.05) is 0 Å². The maximum absolute atomic E-state index is 13.7. The molecule has 0 unspecified atom stereocenters. The van der Waals surface area contributed by atoms with Gasteiger partial charge in [0.15, 0.2) is 0 Å². The van der Waals surface area contributed by atoms with Crippen LogP contribution >= 0.6 is 0 Å². The van der Waals surface area contributed by atoms with Gasteiger partial charge >= 0.3 is 0 Å². The van der Waals surface area contributed by atoms with Crippen molar-refractivity contribution < 1.29 is 28.9 Å². The Morgan fingerprint density at radius 1 is 0.755 bits per heavy atom.